The molecule has 0 saturated heterocycles. The van der Waals surface area contributed by atoms with Crippen molar-refractivity contribution in [2.75, 3.05) is 19.0 Å². The maximum absolute atomic E-state index is 5.99. The standard InChI is InChI=1S/C28H43N3O2/c1-5-8-10-11-13-22(7-3)29-28-26(14-9-6-2)25-15-12-18-33-20-21-19-23(32-4)16-17-24(21)27(25)30-31-28/h16-17,19,22H,5-15,18,20H2,1-4H3,(H,29,31)/t22-/m0/s1. The number of unbranched alkanes of at least 4 members (excludes halogenated alkanes) is 4. The van der Waals surface area contributed by atoms with Crippen molar-refractivity contribution in [2.24, 2.45) is 0 Å². The summed E-state index contributed by atoms with van der Waals surface area (Å²) in [4.78, 5) is 0. The summed E-state index contributed by atoms with van der Waals surface area (Å²) in [7, 11) is 1.71. The van der Waals surface area contributed by atoms with Gasteiger partial charge in [0.2, 0.25) is 0 Å². The number of anilines is 1. The van der Waals surface area contributed by atoms with Crippen molar-refractivity contribution in [3.8, 4) is 17.0 Å². The number of hydrogen-bond acceptors (Lipinski definition) is 5. The molecule has 1 atom stereocenters. The van der Waals surface area contributed by atoms with Crippen molar-refractivity contribution in [3.05, 3.63) is 34.9 Å². The quantitative estimate of drug-likeness (QED) is 0.347. The second-order valence-corrected chi connectivity index (χ2v) is 9.24. The maximum atomic E-state index is 5.99. The van der Waals surface area contributed by atoms with Crippen molar-refractivity contribution >= 4 is 5.82 Å². The van der Waals surface area contributed by atoms with Crippen molar-refractivity contribution < 1.29 is 9.47 Å². The number of aromatic nitrogens is 2. The first-order valence-corrected chi connectivity index (χ1v) is 13.1. The number of ether oxygens (including phenoxy) is 2. The Morgan fingerprint density at radius 1 is 1.06 bits per heavy atom. The fourth-order valence-electron chi connectivity index (χ4n) is 4.70. The number of nitrogens with zero attached hydrogens (tertiary/aromatic N) is 2. The van der Waals surface area contributed by atoms with Gasteiger partial charge < -0.3 is 14.8 Å². The molecule has 0 saturated carbocycles. The molecule has 1 aliphatic heterocycles. The van der Waals surface area contributed by atoms with Crippen molar-refractivity contribution in [1.82, 2.24) is 10.2 Å². The van der Waals surface area contributed by atoms with Crippen LogP contribution in [0.3, 0.4) is 0 Å². The van der Waals surface area contributed by atoms with Gasteiger partial charge in [-0.2, -0.15) is 0 Å². The predicted octanol–water partition coefficient (Wildman–Crippen LogP) is 7.12. The third-order valence-electron chi connectivity index (χ3n) is 6.75. The van der Waals surface area contributed by atoms with E-state index in [1.165, 1.54) is 49.7 Å². The SMILES string of the molecule is CCCCCC[C@H](CC)Nc1nnc2c(c1CCCC)CCCOCc1cc(OC)ccc1-2. The Bertz CT molecular complexity index is 868. The third kappa shape index (κ3) is 6.92. The molecule has 1 aromatic carbocycles. The third-order valence-corrected chi connectivity index (χ3v) is 6.75. The molecule has 0 aliphatic carbocycles. The summed E-state index contributed by atoms with van der Waals surface area (Å²) in [5.74, 6) is 1.85. The summed E-state index contributed by atoms with van der Waals surface area (Å²) in [5, 5.41) is 13.4. The van der Waals surface area contributed by atoms with Gasteiger partial charge in [-0.25, -0.2) is 0 Å². The van der Waals surface area contributed by atoms with Crippen LogP contribution < -0.4 is 10.1 Å². The number of fused-ring (bicyclic) bond motifs is 3. The van der Waals surface area contributed by atoms with Crippen LogP contribution in [0.25, 0.3) is 11.3 Å². The van der Waals surface area contributed by atoms with Crippen LogP contribution in [-0.2, 0) is 24.2 Å². The van der Waals surface area contributed by atoms with Gasteiger partial charge in [-0.15, -0.1) is 10.2 Å². The van der Waals surface area contributed by atoms with Gasteiger partial charge in [0, 0.05) is 23.8 Å². The molecule has 0 radical (unpaired) electrons. The molecular formula is C28H43N3O2. The molecule has 2 heterocycles. The zero-order valence-corrected chi connectivity index (χ0v) is 21.2. The highest BCUT2D eigenvalue weighted by molar-refractivity contribution is 5.71. The predicted molar refractivity (Wildman–Crippen MR) is 137 cm³/mol. The lowest BCUT2D eigenvalue weighted by atomic mass is 9.93. The topological polar surface area (TPSA) is 56.3 Å². The summed E-state index contributed by atoms with van der Waals surface area (Å²) in [6, 6.07) is 6.66. The summed E-state index contributed by atoms with van der Waals surface area (Å²) in [6.07, 6.45) is 12.8. The first-order valence-electron chi connectivity index (χ1n) is 13.1. The van der Waals surface area contributed by atoms with Crippen LogP contribution in [0.5, 0.6) is 5.75 Å². The number of hydrogen-bond donors (Lipinski definition) is 1. The summed E-state index contributed by atoms with van der Waals surface area (Å²) < 4.78 is 11.5. The van der Waals surface area contributed by atoms with Crippen LogP contribution in [0.1, 0.15) is 95.2 Å². The monoisotopic (exact) mass is 453 g/mol. The second kappa shape index (κ2) is 13.5. The summed E-state index contributed by atoms with van der Waals surface area (Å²) in [5.41, 5.74) is 5.97. The summed E-state index contributed by atoms with van der Waals surface area (Å²) in [6.45, 7) is 8.13. The van der Waals surface area contributed by atoms with Gasteiger partial charge in [-0.05, 0) is 67.9 Å². The minimum Gasteiger partial charge on any atom is -0.497 e. The number of nitrogens with one attached hydrogen (secondary N) is 1. The molecule has 0 bridgehead atoms. The molecular weight excluding hydrogens is 410 g/mol. The molecule has 5 nitrogen and oxygen atoms in total. The van der Waals surface area contributed by atoms with E-state index >= 15 is 0 Å². The largest absolute Gasteiger partial charge is 0.497 e. The molecule has 182 valence electrons. The normalized spacial score (nSPS) is 14.4. The molecule has 33 heavy (non-hydrogen) atoms. The van der Waals surface area contributed by atoms with Crippen molar-refractivity contribution in [2.45, 2.75) is 104 Å². The van der Waals surface area contributed by atoms with Crippen LogP contribution in [0.15, 0.2) is 18.2 Å². The minimum atomic E-state index is 0.450. The number of rotatable bonds is 12. The minimum absolute atomic E-state index is 0.450. The highest BCUT2D eigenvalue weighted by atomic mass is 16.5. The van der Waals surface area contributed by atoms with Gasteiger partial charge in [-0.3, -0.25) is 0 Å². The first-order chi connectivity index (χ1) is 16.2. The van der Waals surface area contributed by atoms with E-state index in [0.29, 0.717) is 12.6 Å². The highest BCUT2D eigenvalue weighted by Crippen LogP contribution is 2.35. The molecule has 3 rings (SSSR count). The molecule has 5 heteroatoms. The Labute approximate surface area is 200 Å². The Hall–Kier alpha value is -2.14. The highest BCUT2D eigenvalue weighted by Gasteiger charge is 2.22. The molecule has 0 unspecified atom stereocenters. The van der Waals surface area contributed by atoms with Crippen LogP contribution >= 0.6 is 0 Å². The molecule has 2 aromatic rings. The van der Waals surface area contributed by atoms with Gasteiger partial charge in [0.15, 0.2) is 5.82 Å². The second-order valence-electron chi connectivity index (χ2n) is 9.24. The Morgan fingerprint density at radius 3 is 2.67 bits per heavy atom. The van der Waals surface area contributed by atoms with Gasteiger partial charge >= 0.3 is 0 Å². The molecule has 1 aliphatic rings. The van der Waals surface area contributed by atoms with Crippen molar-refractivity contribution in [1.29, 1.82) is 0 Å². The Kier molecular flexibility index (Phi) is 10.5. The van der Waals surface area contributed by atoms with Gasteiger partial charge in [0.05, 0.1) is 19.4 Å². The molecule has 1 N–H and O–H groups in total. The smallest absolute Gasteiger partial charge is 0.152 e. The number of methoxy groups -OCH3 is 1. The van der Waals surface area contributed by atoms with Crippen molar-refractivity contribution in [3.63, 3.8) is 0 Å². The lowest BCUT2D eigenvalue weighted by Gasteiger charge is -2.22. The molecule has 1 aromatic heterocycles. The van der Waals surface area contributed by atoms with E-state index in [4.69, 9.17) is 19.7 Å². The van der Waals surface area contributed by atoms with Crippen LogP contribution in [0.4, 0.5) is 5.82 Å². The lowest BCUT2D eigenvalue weighted by molar-refractivity contribution is 0.119. The summed E-state index contributed by atoms with van der Waals surface area (Å²) >= 11 is 0. The van der Waals surface area contributed by atoms with Crippen LogP contribution in [0, 0.1) is 0 Å². The average molecular weight is 454 g/mol. The van der Waals surface area contributed by atoms with Gasteiger partial charge in [0.1, 0.15) is 5.75 Å². The van der Waals surface area contributed by atoms with Crippen LogP contribution in [-0.4, -0.2) is 30.0 Å². The molecule has 0 amide bonds. The number of benzene rings is 1. The lowest BCUT2D eigenvalue weighted by Crippen LogP contribution is -2.22. The Morgan fingerprint density at radius 2 is 1.91 bits per heavy atom. The zero-order chi connectivity index (χ0) is 23.5. The molecule has 0 fully saturated rings. The van der Waals surface area contributed by atoms with E-state index in [-0.39, 0.29) is 0 Å². The molecule has 0 spiro atoms. The van der Waals surface area contributed by atoms with E-state index in [2.05, 4.69) is 38.2 Å². The van der Waals surface area contributed by atoms with Gasteiger partial charge in [0.25, 0.3) is 0 Å². The zero-order valence-electron chi connectivity index (χ0n) is 21.2. The van der Waals surface area contributed by atoms with E-state index in [1.54, 1.807) is 7.11 Å². The fraction of sp³-hybridized carbons (Fsp3) is 0.643. The fourth-order valence-corrected chi connectivity index (χ4v) is 4.70. The van der Waals surface area contributed by atoms with E-state index in [0.717, 1.165) is 67.1 Å². The van der Waals surface area contributed by atoms with E-state index in [9.17, 15) is 0 Å². The average Bonchev–Trinajstić information content (AvgIpc) is 2.93. The van der Waals surface area contributed by atoms with Gasteiger partial charge in [-0.1, -0.05) is 52.9 Å². The van der Waals surface area contributed by atoms with Crippen LogP contribution in [0.2, 0.25) is 0 Å². The first kappa shape index (κ1) is 25.5. The Balaban J connectivity index is 1.98. The van der Waals surface area contributed by atoms with E-state index in [1.807, 2.05) is 6.07 Å². The van der Waals surface area contributed by atoms with E-state index < -0.39 is 0 Å². The maximum Gasteiger partial charge on any atom is 0.152 e.